The number of benzene rings is 2. The Bertz CT molecular complexity index is 649. The number of hydrogen-bond acceptors (Lipinski definition) is 3. The van der Waals surface area contributed by atoms with Gasteiger partial charge in [0.2, 0.25) is 0 Å². The van der Waals surface area contributed by atoms with Crippen molar-refractivity contribution >= 4 is 6.29 Å². The number of alkyl halides is 3. The van der Waals surface area contributed by atoms with Gasteiger partial charge in [0.05, 0.1) is 12.7 Å². The van der Waals surface area contributed by atoms with E-state index in [4.69, 9.17) is 9.47 Å². The fourth-order valence-corrected chi connectivity index (χ4v) is 1.83. The van der Waals surface area contributed by atoms with Gasteiger partial charge in [0.25, 0.3) is 0 Å². The quantitative estimate of drug-likeness (QED) is 0.780. The highest BCUT2D eigenvalue weighted by molar-refractivity contribution is 5.76. The van der Waals surface area contributed by atoms with Crippen molar-refractivity contribution in [3.63, 3.8) is 0 Å². The molecule has 0 saturated heterocycles. The van der Waals surface area contributed by atoms with Crippen molar-refractivity contribution < 1.29 is 27.4 Å². The lowest BCUT2D eigenvalue weighted by Gasteiger charge is -2.12. The van der Waals surface area contributed by atoms with Crippen LogP contribution in [0, 0.1) is 0 Å². The lowest BCUT2D eigenvalue weighted by molar-refractivity contribution is -0.137. The second-order valence-corrected chi connectivity index (χ2v) is 4.51. The number of rotatable bonds is 5. The molecular weight excluding hydrogens is 297 g/mol. The standard InChI is InChI=1S/C16H13F3O3/c1-21-15-8-12(9-20)4-7-14(15)22-10-11-2-5-13(6-3-11)16(17,18)19/h2-9H,10H2,1H3. The van der Waals surface area contributed by atoms with Crippen LogP contribution in [0.15, 0.2) is 42.5 Å². The highest BCUT2D eigenvalue weighted by atomic mass is 19.4. The van der Waals surface area contributed by atoms with Crippen LogP contribution in [0.3, 0.4) is 0 Å². The molecule has 2 aromatic rings. The van der Waals surface area contributed by atoms with Crippen molar-refractivity contribution in [1.82, 2.24) is 0 Å². The summed E-state index contributed by atoms with van der Waals surface area (Å²) in [6.07, 6.45) is -3.67. The second-order valence-electron chi connectivity index (χ2n) is 4.51. The number of ether oxygens (including phenoxy) is 2. The van der Waals surface area contributed by atoms with E-state index in [-0.39, 0.29) is 6.61 Å². The van der Waals surface area contributed by atoms with E-state index in [1.807, 2.05) is 0 Å². The normalized spacial score (nSPS) is 11.1. The Balaban J connectivity index is 2.08. The molecule has 0 N–H and O–H groups in total. The van der Waals surface area contributed by atoms with Gasteiger partial charge in [0.1, 0.15) is 12.9 Å². The topological polar surface area (TPSA) is 35.5 Å². The van der Waals surface area contributed by atoms with Gasteiger partial charge < -0.3 is 9.47 Å². The number of halogens is 3. The van der Waals surface area contributed by atoms with Gasteiger partial charge in [-0.05, 0) is 35.9 Å². The summed E-state index contributed by atoms with van der Waals surface area (Å²) in [4.78, 5) is 10.7. The highest BCUT2D eigenvalue weighted by Gasteiger charge is 2.29. The van der Waals surface area contributed by atoms with E-state index in [2.05, 4.69) is 0 Å². The van der Waals surface area contributed by atoms with Gasteiger partial charge in [-0.3, -0.25) is 4.79 Å². The van der Waals surface area contributed by atoms with Crippen LogP contribution in [-0.2, 0) is 12.8 Å². The molecule has 0 radical (unpaired) electrons. The van der Waals surface area contributed by atoms with Crippen LogP contribution in [0.1, 0.15) is 21.5 Å². The molecule has 0 aromatic heterocycles. The van der Waals surface area contributed by atoms with Crippen molar-refractivity contribution in [1.29, 1.82) is 0 Å². The summed E-state index contributed by atoms with van der Waals surface area (Å²) in [6.45, 7) is 0.0922. The van der Waals surface area contributed by atoms with Gasteiger partial charge in [0, 0.05) is 5.56 Å². The minimum atomic E-state index is -4.35. The lowest BCUT2D eigenvalue weighted by atomic mass is 10.1. The minimum Gasteiger partial charge on any atom is -0.493 e. The van der Waals surface area contributed by atoms with Gasteiger partial charge in [-0.1, -0.05) is 12.1 Å². The maximum Gasteiger partial charge on any atom is 0.416 e. The largest absolute Gasteiger partial charge is 0.493 e. The van der Waals surface area contributed by atoms with E-state index in [9.17, 15) is 18.0 Å². The summed E-state index contributed by atoms with van der Waals surface area (Å²) in [5.74, 6) is 0.796. The van der Waals surface area contributed by atoms with Crippen LogP contribution in [0.5, 0.6) is 11.5 Å². The number of aldehydes is 1. The summed E-state index contributed by atoms with van der Waals surface area (Å²) in [5.41, 5.74) is 0.331. The molecule has 0 amide bonds. The lowest BCUT2D eigenvalue weighted by Crippen LogP contribution is -2.05. The number of methoxy groups -OCH3 is 1. The Morgan fingerprint density at radius 2 is 1.73 bits per heavy atom. The summed E-state index contributed by atoms with van der Waals surface area (Å²) >= 11 is 0. The number of carbonyl (C=O) groups excluding carboxylic acids is 1. The molecule has 0 unspecified atom stereocenters. The van der Waals surface area contributed by atoms with Gasteiger partial charge in [-0.25, -0.2) is 0 Å². The van der Waals surface area contributed by atoms with E-state index in [1.54, 1.807) is 12.1 Å². The maximum atomic E-state index is 12.5. The third kappa shape index (κ3) is 3.78. The molecule has 0 aliphatic rings. The molecule has 0 atom stereocenters. The molecule has 0 saturated carbocycles. The third-order valence-corrected chi connectivity index (χ3v) is 3.00. The first-order valence-electron chi connectivity index (χ1n) is 6.36. The fourth-order valence-electron chi connectivity index (χ4n) is 1.83. The van der Waals surface area contributed by atoms with Crippen molar-refractivity contribution in [2.24, 2.45) is 0 Å². The maximum absolute atomic E-state index is 12.5. The van der Waals surface area contributed by atoms with E-state index < -0.39 is 11.7 Å². The SMILES string of the molecule is COc1cc(C=O)ccc1OCc1ccc(C(F)(F)F)cc1. The molecule has 22 heavy (non-hydrogen) atoms. The van der Waals surface area contributed by atoms with E-state index in [0.717, 1.165) is 12.1 Å². The Morgan fingerprint density at radius 3 is 2.27 bits per heavy atom. The van der Waals surface area contributed by atoms with Crippen LogP contribution < -0.4 is 9.47 Å². The molecule has 0 aliphatic heterocycles. The number of carbonyl (C=O) groups is 1. The van der Waals surface area contributed by atoms with E-state index in [0.29, 0.717) is 28.9 Å². The molecule has 0 bridgehead atoms. The summed E-state index contributed by atoms with van der Waals surface area (Å²) in [7, 11) is 1.44. The first-order valence-corrected chi connectivity index (χ1v) is 6.36. The first-order chi connectivity index (χ1) is 10.4. The van der Waals surface area contributed by atoms with Crippen LogP contribution >= 0.6 is 0 Å². The Kier molecular flexibility index (Phi) is 4.70. The van der Waals surface area contributed by atoms with E-state index >= 15 is 0 Å². The van der Waals surface area contributed by atoms with Crippen LogP contribution in [-0.4, -0.2) is 13.4 Å². The second kappa shape index (κ2) is 6.51. The molecule has 0 spiro atoms. The molecule has 6 heteroatoms. The third-order valence-electron chi connectivity index (χ3n) is 3.00. The molecule has 0 fully saturated rings. The molecule has 0 heterocycles. The molecule has 116 valence electrons. The Morgan fingerprint density at radius 1 is 1.05 bits per heavy atom. The summed E-state index contributed by atoms with van der Waals surface area (Å²) < 4.78 is 48.0. The zero-order valence-corrected chi connectivity index (χ0v) is 11.7. The van der Waals surface area contributed by atoms with Crippen LogP contribution in [0.4, 0.5) is 13.2 Å². The minimum absolute atomic E-state index is 0.0922. The van der Waals surface area contributed by atoms with Crippen molar-refractivity contribution in [2.75, 3.05) is 7.11 Å². The summed E-state index contributed by atoms with van der Waals surface area (Å²) in [6, 6.07) is 9.39. The van der Waals surface area contributed by atoms with Crippen molar-refractivity contribution in [3.8, 4) is 11.5 Å². The monoisotopic (exact) mass is 310 g/mol. The van der Waals surface area contributed by atoms with Gasteiger partial charge in [-0.15, -0.1) is 0 Å². The molecule has 2 aromatic carbocycles. The zero-order valence-electron chi connectivity index (χ0n) is 11.7. The predicted octanol–water partition coefficient (Wildman–Crippen LogP) is 4.11. The summed E-state index contributed by atoms with van der Waals surface area (Å²) in [5, 5.41) is 0. The van der Waals surface area contributed by atoms with Crippen molar-refractivity contribution in [3.05, 3.63) is 59.2 Å². The zero-order chi connectivity index (χ0) is 16.2. The smallest absolute Gasteiger partial charge is 0.416 e. The van der Waals surface area contributed by atoms with E-state index in [1.165, 1.54) is 25.3 Å². The van der Waals surface area contributed by atoms with Crippen LogP contribution in [0.25, 0.3) is 0 Å². The number of hydrogen-bond donors (Lipinski definition) is 0. The Labute approximate surface area is 125 Å². The first kappa shape index (κ1) is 15.9. The molecule has 3 nitrogen and oxygen atoms in total. The van der Waals surface area contributed by atoms with Gasteiger partial charge >= 0.3 is 6.18 Å². The van der Waals surface area contributed by atoms with Crippen molar-refractivity contribution in [2.45, 2.75) is 12.8 Å². The Hall–Kier alpha value is -2.50. The molecule has 0 aliphatic carbocycles. The average molecular weight is 310 g/mol. The average Bonchev–Trinajstić information content (AvgIpc) is 2.52. The fraction of sp³-hybridized carbons (Fsp3) is 0.188. The van der Waals surface area contributed by atoms with Gasteiger partial charge in [-0.2, -0.15) is 13.2 Å². The molecule has 2 rings (SSSR count). The highest BCUT2D eigenvalue weighted by Crippen LogP contribution is 2.30. The molecular formula is C16H13F3O3. The predicted molar refractivity (Wildman–Crippen MR) is 74.2 cm³/mol. The van der Waals surface area contributed by atoms with Gasteiger partial charge in [0.15, 0.2) is 11.5 Å². The van der Waals surface area contributed by atoms with Crippen LogP contribution in [0.2, 0.25) is 0 Å².